The van der Waals surface area contributed by atoms with Crippen LogP contribution in [0, 0.1) is 6.92 Å². The molecule has 0 aromatic carbocycles. The first-order valence-corrected chi connectivity index (χ1v) is 9.60. The van der Waals surface area contributed by atoms with Crippen molar-refractivity contribution in [3.63, 3.8) is 0 Å². The number of nitrogens with zero attached hydrogens (tertiary/aromatic N) is 3. The van der Waals surface area contributed by atoms with E-state index in [2.05, 4.69) is 15.5 Å². The molecule has 1 saturated heterocycles. The predicted octanol–water partition coefficient (Wildman–Crippen LogP) is 2.58. The highest BCUT2D eigenvalue weighted by molar-refractivity contribution is 5.91. The van der Waals surface area contributed by atoms with Gasteiger partial charge in [-0.25, -0.2) is 0 Å². The third-order valence-electron chi connectivity index (χ3n) is 4.91. The summed E-state index contributed by atoms with van der Waals surface area (Å²) in [6.45, 7) is 3.00. The van der Waals surface area contributed by atoms with Crippen LogP contribution in [0.15, 0.2) is 43.9 Å². The summed E-state index contributed by atoms with van der Waals surface area (Å²) < 4.78 is 15.8. The van der Waals surface area contributed by atoms with E-state index in [0.717, 1.165) is 0 Å². The molecule has 0 spiro atoms. The third kappa shape index (κ3) is 4.56. The summed E-state index contributed by atoms with van der Waals surface area (Å²) in [5, 5.41) is 6.83. The highest BCUT2D eigenvalue weighted by atomic mass is 16.5. The first-order chi connectivity index (χ1) is 14.1. The molecule has 0 bridgehead atoms. The lowest BCUT2D eigenvalue weighted by Crippen LogP contribution is -2.46. The Hall–Kier alpha value is -3.36. The smallest absolute Gasteiger partial charge is 0.287 e. The Morgan fingerprint density at radius 1 is 1.24 bits per heavy atom. The second-order valence-electron chi connectivity index (χ2n) is 7.03. The Morgan fingerprint density at radius 3 is 2.76 bits per heavy atom. The molecule has 0 unspecified atom stereocenters. The van der Waals surface area contributed by atoms with Gasteiger partial charge >= 0.3 is 0 Å². The van der Waals surface area contributed by atoms with Crippen molar-refractivity contribution in [1.29, 1.82) is 0 Å². The number of hydrogen-bond donors (Lipinski definition) is 1. The molecule has 0 atom stereocenters. The monoisotopic (exact) mass is 398 g/mol. The zero-order chi connectivity index (χ0) is 20.2. The van der Waals surface area contributed by atoms with Crippen LogP contribution in [0.1, 0.15) is 41.5 Å². The zero-order valence-electron chi connectivity index (χ0n) is 16.1. The van der Waals surface area contributed by atoms with Crippen LogP contribution in [0.2, 0.25) is 0 Å². The number of aryl methyl sites for hydroxylation is 2. The quantitative estimate of drug-likeness (QED) is 0.678. The van der Waals surface area contributed by atoms with Crippen molar-refractivity contribution in [2.45, 2.75) is 38.6 Å². The van der Waals surface area contributed by atoms with Crippen molar-refractivity contribution in [2.75, 3.05) is 13.1 Å². The van der Waals surface area contributed by atoms with Crippen LogP contribution in [0.25, 0.3) is 11.6 Å². The molecule has 2 amide bonds. The van der Waals surface area contributed by atoms with Gasteiger partial charge < -0.3 is 23.6 Å². The fraction of sp³-hybridized carbons (Fsp3) is 0.400. The second kappa shape index (κ2) is 8.34. The number of furan rings is 2. The van der Waals surface area contributed by atoms with Crippen molar-refractivity contribution in [3.05, 3.63) is 47.9 Å². The lowest BCUT2D eigenvalue weighted by molar-refractivity contribution is -0.132. The molecule has 0 saturated carbocycles. The summed E-state index contributed by atoms with van der Waals surface area (Å²) >= 11 is 0. The Bertz CT molecular complexity index is 967. The van der Waals surface area contributed by atoms with Gasteiger partial charge in [0.1, 0.15) is 5.76 Å². The normalized spacial score (nSPS) is 14.9. The molecule has 1 N–H and O–H groups in total. The van der Waals surface area contributed by atoms with Crippen LogP contribution < -0.4 is 5.32 Å². The Kier molecular flexibility index (Phi) is 5.46. The lowest BCUT2D eigenvalue weighted by atomic mass is 10.0. The van der Waals surface area contributed by atoms with Crippen LogP contribution >= 0.6 is 0 Å². The van der Waals surface area contributed by atoms with Crippen LogP contribution in [0.4, 0.5) is 0 Å². The number of nitrogens with one attached hydrogen (secondary N) is 1. The summed E-state index contributed by atoms with van der Waals surface area (Å²) in [5.74, 6) is 2.14. The molecule has 4 heterocycles. The largest absolute Gasteiger partial charge is 0.461 e. The van der Waals surface area contributed by atoms with E-state index in [1.807, 2.05) is 4.90 Å². The number of likely N-dealkylation sites (tertiary alicyclic amines) is 1. The van der Waals surface area contributed by atoms with Gasteiger partial charge in [0.05, 0.1) is 6.26 Å². The number of piperidine rings is 1. The maximum Gasteiger partial charge on any atom is 0.287 e. The molecule has 1 aliphatic rings. The number of hydrogen-bond acceptors (Lipinski definition) is 7. The van der Waals surface area contributed by atoms with Gasteiger partial charge in [0.25, 0.3) is 5.91 Å². The van der Waals surface area contributed by atoms with Gasteiger partial charge in [-0.2, -0.15) is 4.98 Å². The number of amides is 2. The fourth-order valence-electron chi connectivity index (χ4n) is 3.32. The first-order valence-electron chi connectivity index (χ1n) is 9.60. The van der Waals surface area contributed by atoms with Crippen LogP contribution in [0.3, 0.4) is 0 Å². The fourth-order valence-corrected chi connectivity index (χ4v) is 3.32. The topological polar surface area (TPSA) is 115 Å². The highest BCUT2D eigenvalue weighted by Crippen LogP contribution is 2.17. The van der Waals surface area contributed by atoms with Crippen molar-refractivity contribution >= 4 is 11.8 Å². The molecule has 29 heavy (non-hydrogen) atoms. The molecule has 9 heteroatoms. The minimum absolute atomic E-state index is 0.0313. The average molecular weight is 398 g/mol. The highest BCUT2D eigenvalue weighted by Gasteiger charge is 2.25. The van der Waals surface area contributed by atoms with E-state index in [4.69, 9.17) is 13.4 Å². The summed E-state index contributed by atoms with van der Waals surface area (Å²) in [6.07, 6.45) is 3.63. The Morgan fingerprint density at radius 2 is 2.07 bits per heavy atom. The number of carbonyl (C=O) groups is 2. The summed E-state index contributed by atoms with van der Waals surface area (Å²) in [4.78, 5) is 30.7. The standard InChI is InChI=1S/C20H22N4O5/c1-13-4-5-16(28-13)20(26)21-14-8-10-24(11-9-14)18(25)7-6-17-22-19(23-29-17)15-3-2-12-27-15/h2-5,12,14H,6-11H2,1H3,(H,21,26). The minimum atomic E-state index is -0.216. The van der Waals surface area contributed by atoms with Gasteiger partial charge in [-0.3, -0.25) is 9.59 Å². The minimum Gasteiger partial charge on any atom is -0.461 e. The lowest BCUT2D eigenvalue weighted by Gasteiger charge is -2.32. The first kappa shape index (κ1) is 19.0. The van der Waals surface area contributed by atoms with Crippen molar-refractivity contribution in [1.82, 2.24) is 20.4 Å². The van der Waals surface area contributed by atoms with Gasteiger partial charge in [0.15, 0.2) is 11.5 Å². The number of carbonyl (C=O) groups excluding carboxylic acids is 2. The molecular formula is C20H22N4O5. The number of aromatic nitrogens is 2. The molecular weight excluding hydrogens is 376 g/mol. The molecule has 3 aromatic heterocycles. The number of rotatable bonds is 6. The molecule has 3 aromatic rings. The van der Waals surface area contributed by atoms with Gasteiger partial charge in [-0.1, -0.05) is 5.16 Å². The van der Waals surface area contributed by atoms with Gasteiger partial charge in [-0.05, 0) is 44.0 Å². The third-order valence-corrected chi connectivity index (χ3v) is 4.91. The average Bonchev–Trinajstić information content (AvgIpc) is 3.48. The van der Waals surface area contributed by atoms with Gasteiger partial charge in [0, 0.05) is 32.0 Å². The van der Waals surface area contributed by atoms with E-state index < -0.39 is 0 Å². The van der Waals surface area contributed by atoms with Crippen molar-refractivity contribution in [3.8, 4) is 11.6 Å². The van der Waals surface area contributed by atoms with Gasteiger partial charge in [-0.15, -0.1) is 0 Å². The molecule has 1 fully saturated rings. The summed E-state index contributed by atoms with van der Waals surface area (Å²) in [6, 6.07) is 6.95. The van der Waals surface area contributed by atoms with E-state index in [1.165, 1.54) is 6.26 Å². The van der Waals surface area contributed by atoms with Crippen molar-refractivity contribution < 1.29 is 22.9 Å². The van der Waals surface area contributed by atoms with E-state index in [0.29, 0.717) is 67.8 Å². The SMILES string of the molecule is Cc1ccc(C(=O)NC2CCN(C(=O)CCc3nc(-c4ccco4)no3)CC2)o1. The molecule has 1 aliphatic heterocycles. The molecule has 0 aliphatic carbocycles. The summed E-state index contributed by atoms with van der Waals surface area (Å²) in [5.41, 5.74) is 0. The second-order valence-corrected chi connectivity index (χ2v) is 7.03. The maximum absolute atomic E-state index is 12.5. The van der Waals surface area contributed by atoms with E-state index in [9.17, 15) is 9.59 Å². The Balaban J connectivity index is 1.21. The maximum atomic E-state index is 12.5. The molecule has 4 rings (SSSR count). The van der Waals surface area contributed by atoms with E-state index in [1.54, 1.807) is 31.2 Å². The molecule has 0 radical (unpaired) electrons. The van der Waals surface area contributed by atoms with E-state index in [-0.39, 0.29) is 17.9 Å². The van der Waals surface area contributed by atoms with Crippen LogP contribution in [0.5, 0.6) is 0 Å². The van der Waals surface area contributed by atoms with Crippen LogP contribution in [-0.2, 0) is 11.2 Å². The molecule has 9 nitrogen and oxygen atoms in total. The zero-order valence-corrected chi connectivity index (χ0v) is 16.1. The van der Waals surface area contributed by atoms with Crippen molar-refractivity contribution in [2.24, 2.45) is 0 Å². The van der Waals surface area contributed by atoms with Gasteiger partial charge in [0.2, 0.25) is 17.6 Å². The Labute approximate surface area is 167 Å². The summed E-state index contributed by atoms with van der Waals surface area (Å²) in [7, 11) is 0. The van der Waals surface area contributed by atoms with E-state index >= 15 is 0 Å². The predicted molar refractivity (Wildman–Crippen MR) is 101 cm³/mol. The molecule has 152 valence electrons. The van der Waals surface area contributed by atoms with Crippen LogP contribution in [-0.4, -0.2) is 46.0 Å².